The number of ether oxygens (including phenoxy) is 2. The van der Waals surface area contributed by atoms with Crippen LogP contribution in [0.2, 0.25) is 0 Å². The van der Waals surface area contributed by atoms with E-state index in [1.54, 1.807) is 12.1 Å². The van der Waals surface area contributed by atoms with Gasteiger partial charge < -0.3 is 19.9 Å². The third-order valence-corrected chi connectivity index (χ3v) is 4.05. The second-order valence-electron chi connectivity index (χ2n) is 5.14. The molecule has 2 rings (SSSR count). The number of phenolic OH excluding ortho intramolecular Hbond substituents is 1. The Bertz CT molecular complexity index is 957. The number of phenols is 1. The number of nitriles is 2. The van der Waals surface area contributed by atoms with E-state index in [9.17, 15) is 15.2 Å². The second-order valence-corrected chi connectivity index (χ2v) is 6.00. The summed E-state index contributed by atoms with van der Waals surface area (Å²) in [5.41, 5.74) is 0.834. The number of carbonyl (C=O) groups excluding carboxylic acids is 1. The Labute approximate surface area is 164 Å². The van der Waals surface area contributed by atoms with E-state index in [1.165, 1.54) is 37.5 Å². The van der Waals surface area contributed by atoms with Crippen LogP contribution < -0.4 is 14.8 Å². The number of amides is 1. The van der Waals surface area contributed by atoms with Crippen molar-refractivity contribution in [2.45, 2.75) is 0 Å². The average Bonchev–Trinajstić information content (AvgIpc) is 2.67. The number of benzene rings is 2. The van der Waals surface area contributed by atoms with Crippen molar-refractivity contribution < 1.29 is 19.4 Å². The number of rotatable bonds is 6. The van der Waals surface area contributed by atoms with Gasteiger partial charge in [-0.1, -0.05) is 15.9 Å². The van der Waals surface area contributed by atoms with Gasteiger partial charge in [0.2, 0.25) is 0 Å². The van der Waals surface area contributed by atoms with Crippen molar-refractivity contribution >= 4 is 33.6 Å². The molecule has 0 heterocycles. The molecule has 0 bridgehead atoms. The van der Waals surface area contributed by atoms with E-state index in [0.717, 1.165) is 0 Å². The summed E-state index contributed by atoms with van der Waals surface area (Å²) in [5.74, 6) is 0.184. The molecular formula is C19H14BrN3O4. The van der Waals surface area contributed by atoms with Crippen LogP contribution in [0.25, 0.3) is 6.08 Å². The first kappa shape index (κ1) is 19.8. The summed E-state index contributed by atoms with van der Waals surface area (Å²) in [4.78, 5) is 12.3. The monoisotopic (exact) mass is 427 g/mol. The molecule has 1 amide bonds. The quantitative estimate of drug-likeness (QED) is 0.413. The lowest BCUT2D eigenvalue weighted by molar-refractivity contribution is -0.112. The zero-order valence-corrected chi connectivity index (χ0v) is 15.8. The molecule has 0 aliphatic rings. The molecule has 27 heavy (non-hydrogen) atoms. The molecule has 0 fully saturated rings. The van der Waals surface area contributed by atoms with E-state index in [0.29, 0.717) is 27.2 Å². The minimum absolute atomic E-state index is 0.0683. The van der Waals surface area contributed by atoms with Gasteiger partial charge in [0, 0.05) is 10.2 Å². The van der Waals surface area contributed by atoms with Gasteiger partial charge in [-0.05, 0) is 48.0 Å². The lowest BCUT2D eigenvalue weighted by Gasteiger charge is -2.11. The van der Waals surface area contributed by atoms with Gasteiger partial charge in [0.05, 0.1) is 7.11 Å². The highest BCUT2D eigenvalue weighted by Crippen LogP contribution is 2.34. The topological polar surface area (TPSA) is 115 Å². The van der Waals surface area contributed by atoms with Gasteiger partial charge >= 0.3 is 0 Å². The number of nitrogens with zero attached hydrogens (tertiary/aromatic N) is 2. The first-order chi connectivity index (χ1) is 13.0. The molecule has 0 saturated carbocycles. The summed E-state index contributed by atoms with van der Waals surface area (Å²) in [6.45, 7) is -0.142. The maximum Gasteiger partial charge on any atom is 0.266 e. The molecule has 0 unspecified atom stereocenters. The number of aromatic hydroxyl groups is 1. The Hall–Kier alpha value is -3.49. The largest absolute Gasteiger partial charge is 0.508 e. The van der Waals surface area contributed by atoms with Crippen molar-refractivity contribution in [3.63, 3.8) is 0 Å². The number of anilines is 1. The predicted molar refractivity (Wildman–Crippen MR) is 102 cm³/mol. The minimum atomic E-state index is -0.598. The molecular weight excluding hydrogens is 414 g/mol. The van der Waals surface area contributed by atoms with Crippen LogP contribution in [0.3, 0.4) is 0 Å². The van der Waals surface area contributed by atoms with Crippen molar-refractivity contribution in [1.29, 1.82) is 10.5 Å². The van der Waals surface area contributed by atoms with E-state index in [4.69, 9.17) is 14.7 Å². The van der Waals surface area contributed by atoms with E-state index >= 15 is 0 Å². The Morgan fingerprint density at radius 3 is 2.56 bits per heavy atom. The molecule has 0 radical (unpaired) electrons. The standard InChI is InChI=1S/C19H14BrN3O4/c1-26-17-9-12(16(20)10-18(17)27-7-6-21)8-13(11-22)19(25)23-14-2-4-15(24)5-3-14/h2-5,8-10,24H,7H2,1H3,(H,23,25)/b13-8+. The van der Waals surface area contributed by atoms with Gasteiger partial charge in [-0.2, -0.15) is 10.5 Å². The van der Waals surface area contributed by atoms with E-state index < -0.39 is 5.91 Å². The number of halogens is 1. The number of hydrogen-bond donors (Lipinski definition) is 2. The fourth-order valence-electron chi connectivity index (χ4n) is 2.09. The van der Waals surface area contributed by atoms with Crippen molar-refractivity contribution in [2.24, 2.45) is 0 Å². The highest BCUT2D eigenvalue weighted by molar-refractivity contribution is 9.10. The molecule has 136 valence electrons. The van der Waals surface area contributed by atoms with E-state index in [1.807, 2.05) is 12.1 Å². The summed E-state index contributed by atoms with van der Waals surface area (Å²) in [5, 5.41) is 29.8. The molecule has 0 saturated heterocycles. The highest BCUT2D eigenvalue weighted by atomic mass is 79.9. The van der Waals surface area contributed by atoms with E-state index in [2.05, 4.69) is 21.2 Å². The van der Waals surface area contributed by atoms with Gasteiger partial charge in [0.25, 0.3) is 5.91 Å². The van der Waals surface area contributed by atoms with Gasteiger partial charge in [0.1, 0.15) is 23.5 Å². The van der Waals surface area contributed by atoms with Crippen LogP contribution >= 0.6 is 15.9 Å². The highest BCUT2D eigenvalue weighted by Gasteiger charge is 2.14. The van der Waals surface area contributed by atoms with Crippen LogP contribution in [0.15, 0.2) is 46.4 Å². The minimum Gasteiger partial charge on any atom is -0.508 e. The molecule has 7 nitrogen and oxygen atoms in total. The molecule has 8 heteroatoms. The summed E-state index contributed by atoms with van der Waals surface area (Å²) in [6.07, 6.45) is 1.40. The van der Waals surface area contributed by atoms with Crippen LogP contribution in [0.1, 0.15) is 5.56 Å². The molecule has 2 aromatic rings. The van der Waals surface area contributed by atoms with Crippen LogP contribution in [0, 0.1) is 22.7 Å². The molecule has 0 spiro atoms. The third-order valence-electron chi connectivity index (χ3n) is 3.37. The summed E-state index contributed by atoms with van der Waals surface area (Å²) in [7, 11) is 1.44. The first-order valence-electron chi connectivity index (χ1n) is 7.58. The maximum atomic E-state index is 12.3. The SMILES string of the molecule is COc1cc(/C=C(\C#N)C(=O)Nc2ccc(O)cc2)c(Br)cc1OCC#N. The zero-order valence-electron chi connectivity index (χ0n) is 14.2. The van der Waals surface area contributed by atoms with Crippen molar-refractivity contribution in [3.05, 3.63) is 52.0 Å². The first-order valence-corrected chi connectivity index (χ1v) is 8.37. The Kier molecular flexibility index (Phi) is 6.81. The molecule has 0 atom stereocenters. The number of hydrogen-bond acceptors (Lipinski definition) is 6. The molecule has 2 N–H and O–H groups in total. The van der Waals surface area contributed by atoms with Crippen molar-refractivity contribution in [1.82, 2.24) is 0 Å². The number of methoxy groups -OCH3 is 1. The zero-order chi connectivity index (χ0) is 19.8. The Morgan fingerprint density at radius 1 is 1.26 bits per heavy atom. The molecule has 0 aromatic heterocycles. The van der Waals surface area contributed by atoms with Gasteiger partial charge in [0.15, 0.2) is 18.1 Å². The van der Waals surface area contributed by atoms with Crippen LogP contribution in [0.4, 0.5) is 5.69 Å². The maximum absolute atomic E-state index is 12.3. The molecule has 0 aliphatic heterocycles. The summed E-state index contributed by atoms with van der Waals surface area (Å²) < 4.78 is 11.1. The van der Waals surface area contributed by atoms with Gasteiger partial charge in [-0.3, -0.25) is 4.79 Å². The third kappa shape index (κ3) is 5.24. The lowest BCUT2D eigenvalue weighted by Crippen LogP contribution is -2.13. The fourth-order valence-corrected chi connectivity index (χ4v) is 2.53. The van der Waals surface area contributed by atoms with Gasteiger partial charge in [-0.15, -0.1) is 0 Å². The van der Waals surface area contributed by atoms with Crippen LogP contribution in [-0.4, -0.2) is 24.7 Å². The van der Waals surface area contributed by atoms with Crippen molar-refractivity contribution in [2.75, 3.05) is 19.0 Å². The summed E-state index contributed by atoms with van der Waals surface area (Å²) >= 11 is 3.35. The van der Waals surface area contributed by atoms with Crippen LogP contribution in [-0.2, 0) is 4.79 Å². The molecule has 2 aromatic carbocycles. The summed E-state index contributed by atoms with van der Waals surface area (Å²) in [6, 6.07) is 12.8. The normalized spacial score (nSPS) is 10.4. The van der Waals surface area contributed by atoms with E-state index in [-0.39, 0.29) is 17.9 Å². The number of carbonyl (C=O) groups is 1. The lowest BCUT2D eigenvalue weighted by atomic mass is 10.1. The Balaban J connectivity index is 2.30. The Morgan fingerprint density at radius 2 is 1.96 bits per heavy atom. The smallest absolute Gasteiger partial charge is 0.266 e. The van der Waals surface area contributed by atoms with Crippen molar-refractivity contribution in [3.8, 4) is 29.4 Å². The van der Waals surface area contributed by atoms with Crippen LogP contribution in [0.5, 0.6) is 17.2 Å². The predicted octanol–water partition coefficient (Wildman–Crippen LogP) is 3.61. The fraction of sp³-hybridized carbons (Fsp3) is 0.105. The number of nitrogens with one attached hydrogen (secondary N) is 1. The second kappa shape index (κ2) is 9.27. The molecule has 0 aliphatic carbocycles. The van der Waals surface area contributed by atoms with Gasteiger partial charge in [-0.25, -0.2) is 0 Å². The average molecular weight is 428 g/mol.